The molecule has 0 unspecified atom stereocenters. The van der Waals surface area contributed by atoms with E-state index in [1.54, 1.807) is 0 Å². The average Bonchev–Trinajstić information content (AvgIpc) is 2.48. The van der Waals surface area contributed by atoms with Crippen LogP contribution in [-0.4, -0.2) is 27.3 Å². The lowest BCUT2D eigenvalue weighted by Crippen LogP contribution is -2.47. The van der Waals surface area contributed by atoms with Crippen LogP contribution in [0.5, 0.6) is 0 Å². The molecule has 1 atom stereocenters. The number of amides is 1. The highest BCUT2D eigenvalue weighted by atomic mass is 28.2. The van der Waals surface area contributed by atoms with Crippen molar-refractivity contribution < 1.29 is 9.22 Å². The predicted octanol–water partition coefficient (Wildman–Crippen LogP) is 1.36. The zero-order valence-corrected chi connectivity index (χ0v) is 11.9. The van der Waals surface area contributed by atoms with Gasteiger partial charge in [-0.25, -0.2) is 0 Å². The normalized spacial score (nSPS) is 23.8. The largest absolute Gasteiger partial charge is 0.416 e. The predicted molar refractivity (Wildman–Crippen MR) is 64.6 cm³/mol. The fraction of sp³-hybridized carbons (Fsp3) is 0.909. The maximum Gasteiger partial charge on any atom is 0.220 e. The van der Waals surface area contributed by atoms with Crippen molar-refractivity contribution in [1.82, 2.24) is 5.32 Å². The fourth-order valence-corrected chi connectivity index (χ4v) is 2.64. The van der Waals surface area contributed by atoms with Crippen molar-refractivity contribution in [3.8, 4) is 0 Å². The summed E-state index contributed by atoms with van der Waals surface area (Å²) < 4.78 is 6.05. The molecule has 1 aliphatic heterocycles. The molecule has 0 aromatic rings. The summed E-state index contributed by atoms with van der Waals surface area (Å²) in [4.78, 5) is 11.1. The van der Waals surface area contributed by atoms with E-state index >= 15 is 0 Å². The van der Waals surface area contributed by atoms with Gasteiger partial charge in [-0.1, -0.05) is 20.8 Å². The van der Waals surface area contributed by atoms with Gasteiger partial charge in [0.2, 0.25) is 5.91 Å². The number of hydrogen-bond acceptors (Lipinski definition) is 2. The lowest BCUT2D eigenvalue weighted by Gasteiger charge is -2.34. The first-order valence-electron chi connectivity index (χ1n) is 5.64. The monoisotopic (exact) mass is 229 g/mol. The highest BCUT2D eigenvalue weighted by Crippen LogP contribution is 2.27. The molecule has 88 valence electrons. The molecule has 1 rings (SSSR count). The molecule has 0 saturated carbocycles. The smallest absolute Gasteiger partial charge is 0.220 e. The van der Waals surface area contributed by atoms with Crippen LogP contribution in [0.3, 0.4) is 0 Å². The van der Waals surface area contributed by atoms with Gasteiger partial charge in [-0.05, 0) is 25.3 Å². The topological polar surface area (TPSA) is 38.3 Å². The van der Waals surface area contributed by atoms with Crippen molar-refractivity contribution >= 4 is 15.7 Å². The Morgan fingerprint density at radius 1 is 1.33 bits per heavy atom. The minimum atomic E-state index is -0.556. The summed E-state index contributed by atoms with van der Waals surface area (Å²) in [7, 11) is -0.556. The van der Waals surface area contributed by atoms with Crippen molar-refractivity contribution in [3.05, 3.63) is 0 Å². The summed E-state index contributed by atoms with van der Waals surface area (Å²) in [6.07, 6.45) is 1.55. The standard InChI is InChI=1S/C11H23NO2Si/c1-10(2,3)15-14-11(4,5)8-6-7-9(13)12-8/h8H,6-7,15H2,1-5H3,(H,12,13)/t8-/m0/s1. The fourth-order valence-electron chi connectivity index (χ4n) is 1.64. The highest BCUT2D eigenvalue weighted by Gasteiger charge is 2.36. The number of nitrogens with one attached hydrogen (secondary N) is 1. The van der Waals surface area contributed by atoms with Gasteiger partial charge in [0.25, 0.3) is 0 Å². The molecule has 0 aromatic carbocycles. The van der Waals surface area contributed by atoms with Crippen LogP contribution in [0.25, 0.3) is 0 Å². The van der Waals surface area contributed by atoms with Gasteiger partial charge in [0.15, 0.2) is 9.76 Å². The van der Waals surface area contributed by atoms with E-state index in [0.717, 1.165) is 6.42 Å². The molecule has 0 bridgehead atoms. The molecule has 0 spiro atoms. The first-order chi connectivity index (χ1) is 6.71. The minimum Gasteiger partial charge on any atom is -0.416 e. The maximum absolute atomic E-state index is 11.1. The van der Waals surface area contributed by atoms with E-state index in [2.05, 4.69) is 39.9 Å². The van der Waals surface area contributed by atoms with Crippen LogP contribution in [-0.2, 0) is 9.22 Å². The SMILES string of the molecule is CC(C)(C)[SiH2]OC(C)(C)[C@@H]1CCC(=O)N1. The summed E-state index contributed by atoms with van der Waals surface area (Å²) >= 11 is 0. The summed E-state index contributed by atoms with van der Waals surface area (Å²) in [5.74, 6) is 0.161. The zero-order valence-electron chi connectivity index (χ0n) is 10.5. The van der Waals surface area contributed by atoms with E-state index in [0.29, 0.717) is 11.5 Å². The Morgan fingerprint density at radius 3 is 2.33 bits per heavy atom. The Bertz CT molecular complexity index is 245. The summed E-state index contributed by atoms with van der Waals surface area (Å²) in [6, 6.07) is 0.194. The third-order valence-corrected chi connectivity index (χ3v) is 4.47. The molecule has 3 nitrogen and oxygen atoms in total. The van der Waals surface area contributed by atoms with Gasteiger partial charge < -0.3 is 9.74 Å². The van der Waals surface area contributed by atoms with E-state index in [4.69, 9.17) is 4.43 Å². The molecule has 0 aliphatic carbocycles. The molecule has 0 radical (unpaired) electrons. The Morgan fingerprint density at radius 2 is 1.93 bits per heavy atom. The molecular weight excluding hydrogens is 206 g/mol. The molecular formula is C11H23NO2Si. The van der Waals surface area contributed by atoms with Gasteiger partial charge in [0.05, 0.1) is 11.6 Å². The third kappa shape index (κ3) is 3.95. The quantitative estimate of drug-likeness (QED) is 0.742. The van der Waals surface area contributed by atoms with Gasteiger partial charge in [0.1, 0.15) is 0 Å². The second-order valence-corrected chi connectivity index (χ2v) is 8.81. The van der Waals surface area contributed by atoms with Crippen molar-refractivity contribution in [3.63, 3.8) is 0 Å². The summed E-state index contributed by atoms with van der Waals surface area (Å²) in [6.45, 7) is 10.8. The van der Waals surface area contributed by atoms with Gasteiger partial charge in [-0.15, -0.1) is 0 Å². The van der Waals surface area contributed by atoms with E-state index in [9.17, 15) is 4.79 Å². The van der Waals surface area contributed by atoms with Crippen LogP contribution in [0, 0.1) is 0 Å². The number of carbonyl (C=O) groups is 1. The number of hydrogen-bond donors (Lipinski definition) is 1. The molecule has 1 aliphatic rings. The van der Waals surface area contributed by atoms with Crippen molar-refractivity contribution in [2.24, 2.45) is 0 Å². The van der Waals surface area contributed by atoms with E-state index < -0.39 is 9.76 Å². The zero-order chi connectivity index (χ0) is 11.7. The molecule has 1 saturated heterocycles. The summed E-state index contributed by atoms with van der Waals surface area (Å²) in [5.41, 5.74) is -0.203. The Kier molecular flexibility index (Phi) is 3.61. The second kappa shape index (κ2) is 4.26. The number of rotatable bonds is 3. The molecule has 1 fully saturated rings. The first-order valence-corrected chi connectivity index (χ1v) is 6.92. The lowest BCUT2D eigenvalue weighted by molar-refractivity contribution is -0.119. The average molecular weight is 229 g/mol. The third-order valence-electron chi connectivity index (χ3n) is 2.71. The molecule has 1 amide bonds. The lowest BCUT2D eigenvalue weighted by atomic mass is 9.98. The van der Waals surface area contributed by atoms with Crippen LogP contribution < -0.4 is 5.32 Å². The van der Waals surface area contributed by atoms with Crippen LogP contribution in [0.4, 0.5) is 0 Å². The Balaban J connectivity index is 2.48. The maximum atomic E-state index is 11.1. The Hall–Kier alpha value is -0.353. The Labute approximate surface area is 94.9 Å². The van der Waals surface area contributed by atoms with Gasteiger partial charge in [0, 0.05) is 6.42 Å². The van der Waals surface area contributed by atoms with Crippen molar-refractivity contribution in [1.29, 1.82) is 0 Å². The van der Waals surface area contributed by atoms with Crippen LogP contribution in [0.2, 0.25) is 5.04 Å². The first kappa shape index (κ1) is 12.7. The van der Waals surface area contributed by atoms with E-state index in [-0.39, 0.29) is 17.6 Å². The molecule has 1 heterocycles. The molecule has 15 heavy (non-hydrogen) atoms. The van der Waals surface area contributed by atoms with Crippen LogP contribution in [0.1, 0.15) is 47.5 Å². The molecule has 0 aromatic heterocycles. The summed E-state index contributed by atoms with van der Waals surface area (Å²) in [5, 5.41) is 3.29. The highest BCUT2D eigenvalue weighted by molar-refractivity contribution is 6.31. The van der Waals surface area contributed by atoms with Crippen LogP contribution >= 0.6 is 0 Å². The van der Waals surface area contributed by atoms with Crippen molar-refractivity contribution in [2.75, 3.05) is 0 Å². The minimum absolute atomic E-state index is 0.161. The second-order valence-electron chi connectivity index (χ2n) is 6.11. The van der Waals surface area contributed by atoms with Gasteiger partial charge in [-0.3, -0.25) is 4.79 Å². The van der Waals surface area contributed by atoms with E-state index in [1.807, 2.05) is 0 Å². The van der Waals surface area contributed by atoms with Crippen LogP contribution in [0.15, 0.2) is 0 Å². The van der Waals surface area contributed by atoms with Crippen molar-refractivity contribution in [2.45, 2.75) is 64.1 Å². The van der Waals surface area contributed by atoms with Gasteiger partial charge in [-0.2, -0.15) is 0 Å². The molecule has 1 N–H and O–H groups in total. The van der Waals surface area contributed by atoms with Gasteiger partial charge >= 0.3 is 0 Å². The molecule has 4 heteroatoms. The van der Waals surface area contributed by atoms with E-state index in [1.165, 1.54) is 0 Å². The number of carbonyl (C=O) groups excluding carboxylic acids is 1.